The van der Waals surface area contributed by atoms with Crippen LogP contribution in [0, 0.1) is 0 Å². The van der Waals surface area contributed by atoms with Crippen LogP contribution in [0.5, 0.6) is 0 Å². The van der Waals surface area contributed by atoms with Crippen LogP contribution in [0.3, 0.4) is 0 Å². The number of hydrogen-bond donors (Lipinski definition) is 1. The second-order valence-electron chi connectivity index (χ2n) is 4.52. The molecule has 0 unspecified atom stereocenters. The second-order valence-corrected chi connectivity index (χ2v) is 4.52. The predicted octanol–water partition coefficient (Wildman–Crippen LogP) is 2.41. The van der Waals surface area contributed by atoms with Crippen LogP contribution in [0.25, 0.3) is 0 Å². The highest BCUT2D eigenvalue weighted by atomic mass is 35.5. The number of likely N-dealkylation sites (tertiary alicyclic amines) is 1. The van der Waals surface area contributed by atoms with Crippen molar-refractivity contribution in [3.8, 4) is 0 Å². The standard InChI is InChI=1S/C14H20N2.ClH/c1-2-3-9-16-10-13(14(15)11-16)12-7-5-4-6-8-12;/h2,4-8,13-14H,1,3,9-11,15H2;1H/t13-,14+;/m0./s1. The van der Waals surface area contributed by atoms with Crippen molar-refractivity contribution in [2.24, 2.45) is 5.73 Å². The molecule has 2 rings (SSSR count). The van der Waals surface area contributed by atoms with Gasteiger partial charge in [0.05, 0.1) is 0 Å². The van der Waals surface area contributed by atoms with E-state index >= 15 is 0 Å². The molecule has 1 aromatic rings. The minimum absolute atomic E-state index is 0. The van der Waals surface area contributed by atoms with Gasteiger partial charge in [0.1, 0.15) is 0 Å². The highest BCUT2D eigenvalue weighted by Crippen LogP contribution is 2.26. The lowest BCUT2D eigenvalue weighted by Crippen LogP contribution is -2.29. The van der Waals surface area contributed by atoms with E-state index < -0.39 is 0 Å². The lowest BCUT2D eigenvalue weighted by molar-refractivity contribution is 0.338. The Kier molecular flexibility index (Phi) is 5.69. The maximum Gasteiger partial charge on any atom is 0.0249 e. The van der Waals surface area contributed by atoms with Crippen molar-refractivity contribution in [1.29, 1.82) is 0 Å². The van der Waals surface area contributed by atoms with Crippen LogP contribution in [0.4, 0.5) is 0 Å². The number of rotatable bonds is 4. The van der Waals surface area contributed by atoms with Gasteiger partial charge in [0.25, 0.3) is 0 Å². The first-order chi connectivity index (χ1) is 7.81. The third-order valence-corrected chi connectivity index (χ3v) is 3.32. The highest BCUT2D eigenvalue weighted by molar-refractivity contribution is 5.85. The number of hydrogen-bond acceptors (Lipinski definition) is 2. The van der Waals surface area contributed by atoms with Crippen molar-refractivity contribution in [2.45, 2.75) is 18.4 Å². The fourth-order valence-electron chi connectivity index (χ4n) is 2.42. The van der Waals surface area contributed by atoms with E-state index in [0.717, 1.165) is 26.1 Å². The van der Waals surface area contributed by atoms with E-state index in [1.54, 1.807) is 0 Å². The van der Waals surface area contributed by atoms with E-state index in [4.69, 9.17) is 5.73 Å². The molecule has 2 N–H and O–H groups in total. The summed E-state index contributed by atoms with van der Waals surface area (Å²) in [5.41, 5.74) is 7.58. The lowest BCUT2D eigenvalue weighted by Gasteiger charge is -2.15. The van der Waals surface area contributed by atoms with Gasteiger partial charge in [0.2, 0.25) is 0 Å². The molecule has 94 valence electrons. The van der Waals surface area contributed by atoms with Crippen molar-refractivity contribution in [3.63, 3.8) is 0 Å². The second kappa shape index (κ2) is 6.80. The maximum atomic E-state index is 6.21. The number of halogens is 1. The molecule has 1 saturated heterocycles. The van der Waals surface area contributed by atoms with Gasteiger partial charge in [-0.15, -0.1) is 19.0 Å². The molecule has 1 heterocycles. The van der Waals surface area contributed by atoms with Crippen LogP contribution in [0.1, 0.15) is 17.9 Å². The minimum atomic E-state index is 0. The van der Waals surface area contributed by atoms with Crippen molar-refractivity contribution in [1.82, 2.24) is 4.90 Å². The number of nitrogens with zero attached hydrogens (tertiary/aromatic N) is 1. The molecular weight excluding hydrogens is 232 g/mol. The Bertz CT molecular complexity index is 339. The van der Waals surface area contributed by atoms with Gasteiger partial charge in [-0.2, -0.15) is 0 Å². The van der Waals surface area contributed by atoms with Crippen LogP contribution in [-0.4, -0.2) is 30.6 Å². The third kappa shape index (κ3) is 3.56. The van der Waals surface area contributed by atoms with E-state index in [1.165, 1.54) is 5.56 Å². The van der Waals surface area contributed by atoms with E-state index in [9.17, 15) is 0 Å². The molecule has 0 amide bonds. The molecular formula is C14H21ClN2. The van der Waals surface area contributed by atoms with Gasteiger partial charge in [0.15, 0.2) is 0 Å². The van der Waals surface area contributed by atoms with Gasteiger partial charge in [0, 0.05) is 31.6 Å². The fourth-order valence-corrected chi connectivity index (χ4v) is 2.42. The highest BCUT2D eigenvalue weighted by Gasteiger charge is 2.30. The molecule has 1 aliphatic rings. The predicted molar refractivity (Wildman–Crippen MR) is 75.7 cm³/mol. The van der Waals surface area contributed by atoms with E-state index in [0.29, 0.717) is 5.92 Å². The van der Waals surface area contributed by atoms with Crippen LogP contribution < -0.4 is 5.73 Å². The SMILES string of the molecule is C=CCCN1C[C@@H](N)[C@H](c2ccccc2)C1.Cl. The monoisotopic (exact) mass is 252 g/mol. The molecule has 0 bridgehead atoms. The summed E-state index contributed by atoms with van der Waals surface area (Å²) in [6.07, 6.45) is 3.02. The van der Waals surface area contributed by atoms with Crippen LogP contribution in [0.2, 0.25) is 0 Å². The van der Waals surface area contributed by atoms with Gasteiger partial charge >= 0.3 is 0 Å². The average Bonchev–Trinajstić information content (AvgIpc) is 2.69. The van der Waals surface area contributed by atoms with Crippen molar-refractivity contribution < 1.29 is 0 Å². The molecule has 2 atom stereocenters. The van der Waals surface area contributed by atoms with E-state index in [-0.39, 0.29) is 18.4 Å². The average molecular weight is 253 g/mol. The Labute approximate surface area is 110 Å². The van der Waals surface area contributed by atoms with Gasteiger partial charge in [-0.3, -0.25) is 0 Å². The zero-order chi connectivity index (χ0) is 11.4. The summed E-state index contributed by atoms with van der Waals surface area (Å²) in [7, 11) is 0. The molecule has 0 aliphatic carbocycles. The Morgan fingerprint density at radius 2 is 2.00 bits per heavy atom. The number of benzene rings is 1. The summed E-state index contributed by atoms with van der Waals surface area (Å²) >= 11 is 0. The van der Waals surface area contributed by atoms with Gasteiger partial charge in [-0.1, -0.05) is 36.4 Å². The Morgan fingerprint density at radius 3 is 2.65 bits per heavy atom. The molecule has 1 aromatic carbocycles. The van der Waals surface area contributed by atoms with Crippen molar-refractivity contribution in [2.75, 3.05) is 19.6 Å². The fraction of sp³-hybridized carbons (Fsp3) is 0.429. The van der Waals surface area contributed by atoms with Gasteiger partial charge in [-0.05, 0) is 12.0 Å². The van der Waals surface area contributed by atoms with Gasteiger partial charge < -0.3 is 10.6 Å². The molecule has 3 heteroatoms. The topological polar surface area (TPSA) is 29.3 Å². The van der Waals surface area contributed by atoms with Gasteiger partial charge in [-0.25, -0.2) is 0 Å². The molecule has 0 spiro atoms. The largest absolute Gasteiger partial charge is 0.326 e. The smallest absolute Gasteiger partial charge is 0.0249 e. The third-order valence-electron chi connectivity index (χ3n) is 3.32. The maximum absolute atomic E-state index is 6.21. The molecule has 2 nitrogen and oxygen atoms in total. The summed E-state index contributed by atoms with van der Waals surface area (Å²) < 4.78 is 0. The summed E-state index contributed by atoms with van der Waals surface area (Å²) in [6, 6.07) is 10.9. The normalized spacial score (nSPS) is 24.3. The lowest BCUT2D eigenvalue weighted by atomic mass is 9.95. The first-order valence-corrected chi connectivity index (χ1v) is 5.95. The summed E-state index contributed by atoms with van der Waals surface area (Å²) in [6.45, 7) is 6.93. The van der Waals surface area contributed by atoms with Crippen molar-refractivity contribution in [3.05, 3.63) is 48.6 Å². The Morgan fingerprint density at radius 1 is 1.29 bits per heavy atom. The molecule has 1 aliphatic heterocycles. The Hall–Kier alpha value is -0.830. The zero-order valence-electron chi connectivity index (χ0n) is 10.1. The van der Waals surface area contributed by atoms with Crippen molar-refractivity contribution >= 4 is 12.4 Å². The molecule has 0 radical (unpaired) electrons. The summed E-state index contributed by atoms with van der Waals surface area (Å²) in [5.74, 6) is 0.492. The first-order valence-electron chi connectivity index (χ1n) is 5.95. The van der Waals surface area contributed by atoms with E-state index in [1.807, 2.05) is 6.08 Å². The van der Waals surface area contributed by atoms with E-state index in [2.05, 4.69) is 41.8 Å². The zero-order valence-corrected chi connectivity index (χ0v) is 10.9. The number of nitrogens with two attached hydrogens (primary N) is 1. The van der Waals surface area contributed by atoms with Crippen LogP contribution in [-0.2, 0) is 0 Å². The Balaban J connectivity index is 0.00000144. The molecule has 1 fully saturated rings. The van der Waals surface area contributed by atoms with Crippen LogP contribution >= 0.6 is 12.4 Å². The molecule has 17 heavy (non-hydrogen) atoms. The molecule has 0 aromatic heterocycles. The summed E-state index contributed by atoms with van der Waals surface area (Å²) in [4.78, 5) is 2.43. The summed E-state index contributed by atoms with van der Waals surface area (Å²) in [5, 5.41) is 0. The van der Waals surface area contributed by atoms with Crippen LogP contribution in [0.15, 0.2) is 43.0 Å². The minimum Gasteiger partial charge on any atom is -0.326 e. The first kappa shape index (κ1) is 14.2. The quantitative estimate of drug-likeness (QED) is 0.834. The molecule has 0 saturated carbocycles.